The van der Waals surface area contributed by atoms with Crippen LogP contribution in [0.5, 0.6) is 0 Å². The molecule has 0 unspecified atom stereocenters. The van der Waals surface area contributed by atoms with Gasteiger partial charge < -0.3 is 0 Å². The van der Waals surface area contributed by atoms with Crippen molar-refractivity contribution in [3.63, 3.8) is 0 Å². The molecule has 0 saturated carbocycles. The molecule has 2 heteroatoms. The summed E-state index contributed by atoms with van der Waals surface area (Å²) in [5.74, 6) is 0. The topological polar surface area (TPSA) is 7.60 Å². The monoisotopic (exact) mass is 214 g/mol. The molecule has 1 aliphatic rings. The summed E-state index contributed by atoms with van der Waals surface area (Å²) in [7, 11) is 0. The Hall–Kier alpha value is -1.33. The normalized spacial score (nSPS) is 16.6. The number of rotatable bonds is 1. The Balaban J connectivity index is 2.38. The standard InChI is InChI=1S/C14H18N2/c1-11(2)16-9-5-7-12-6-4-8-14(15-3)13(12)10-16/h4,6,8,11H,5,7,9-10H2,1-2H3. The van der Waals surface area contributed by atoms with Crippen LogP contribution in [0.2, 0.25) is 0 Å². The first-order valence-corrected chi connectivity index (χ1v) is 5.94. The molecule has 0 saturated heterocycles. The van der Waals surface area contributed by atoms with Crippen molar-refractivity contribution in [2.45, 2.75) is 39.3 Å². The Kier molecular flexibility index (Phi) is 3.26. The van der Waals surface area contributed by atoms with Crippen LogP contribution in [0.3, 0.4) is 0 Å². The number of benzene rings is 1. The minimum Gasteiger partial charge on any atom is -0.298 e. The van der Waals surface area contributed by atoms with E-state index in [4.69, 9.17) is 6.57 Å². The van der Waals surface area contributed by atoms with E-state index >= 15 is 0 Å². The van der Waals surface area contributed by atoms with Gasteiger partial charge in [-0.05, 0) is 38.8 Å². The van der Waals surface area contributed by atoms with Crippen molar-refractivity contribution in [2.24, 2.45) is 0 Å². The van der Waals surface area contributed by atoms with E-state index < -0.39 is 0 Å². The Morgan fingerprint density at radius 1 is 1.38 bits per heavy atom. The third kappa shape index (κ3) is 2.10. The Labute approximate surface area is 97.7 Å². The summed E-state index contributed by atoms with van der Waals surface area (Å²) >= 11 is 0. The van der Waals surface area contributed by atoms with Gasteiger partial charge in [-0.1, -0.05) is 23.8 Å². The van der Waals surface area contributed by atoms with Gasteiger partial charge in [-0.25, -0.2) is 4.85 Å². The molecular weight excluding hydrogens is 196 g/mol. The van der Waals surface area contributed by atoms with Gasteiger partial charge >= 0.3 is 0 Å². The third-order valence-corrected chi connectivity index (χ3v) is 3.35. The summed E-state index contributed by atoms with van der Waals surface area (Å²) in [6, 6.07) is 6.69. The van der Waals surface area contributed by atoms with Crippen LogP contribution in [0.4, 0.5) is 5.69 Å². The van der Waals surface area contributed by atoms with Gasteiger partial charge in [-0.15, -0.1) is 0 Å². The molecule has 0 bridgehead atoms. The Morgan fingerprint density at radius 2 is 2.19 bits per heavy atom. The molecule has 2 rings (SSSR count). The summed E-state index contributed by atoms with van der Waals surface area (Å²) in [6.07, 6.45) is 2.31. The van der Waals surface area contributed by atoms with Crippen molar-refractivity contribution in [1.29, 1.82) is 0 Å². The van der Waals surface area contributed by atoms with E-state index in [0.29, 0.717) is 6.04 Å². The van der Waals surface area contributed by atoms with Crippen LogP contribution >= 0.6 is 0 Å². The fraction of sp³-hybridized carbons (Fsp3) is 0.500. The second-order valence-corrected chi connectivity index (χ2v) is 4.69. The molecule has 0 radical (unpaired) electrons. The lowest BCUT2D eigenvalue weighted by atomic mass is 10.0. The van der Waals surface area contributed by atoms with Crippen molar-refractivity contribution >= 4 is 5.69 Å². The first-order chi connectivity index (χ1) is 7.72. The van der Waals surface area contributed by atoms with Crippen molar-refractivity contribution in [2.75, 3.05) is 6.54 Å². The lowest BCUT2D eigenvalue weighted by Gasteiger charge is -2.25. The molecule has 0 fully saturated rings. The molecule has 1 aliphatic heterocycles. The number of nitrogens with zero attached hydrogens (tertiary/aromatic N) is 2. The van der Waals surface area contributed by atoms with E-state index in [-0.39, 0.29) is 0 Å². The molecule has 2 nitrogen and oxygen atoms in total. The number of hydrogen-bond acceptors (Lipinski definition) is 1. The fourth-order valence-corrected chi connectivity index (χ4v) is 2.34. The molecule has 0 N–H and O–H groups in total. The molecule has 0 aliphatic carbocycles. The molecule has 0 amide bonds. The van der Waals surface area contributed by atoms with Crippen LogP contribution in [0, 0.1) is 6.57 Å². The predicted molar refractivity (Wildman–Crippen MR) is 66.6 cm³/mol. The van der Waals surface area contributed by atoms with E-state index in [1.54, 1.807) is 0 Å². The summed E-state index contributed by atoms with van der Waals surface area (Å²) in [5.41, 5.74) is 3.46. The second-order valence-electron chi connectivity index (χ2n) is 4.69. The summed E-state index contributed by atoms with van der Waals surface area (Å²) in [6.45, 7) is 13.8. The highest BCUT2D eigenvalue weighted by Crippen LogP contribution is 2.28. The van der Waals surface area contributed by atoms with Gasteiger partial charge in [0.1, 0.15) is 0 Å². The molecule has 1 heterocycles. The van der Waals surface area contributed by atoms with E-state index in [1.165, 1.54) is 17.5 Å². The predicted octanol–water partition coefficient (Wildman–Crippen LogP) is 3.39. The molecule has 16 heavy (non-hydrogen) atoms. The van der Waals surface area contributed by atoms with E-state index in [0.717, 1.165) is 25.2 Å². The van der Waals surface area contributed by atoms with Gasteiger partial charge in [0.15, 0.2) is 5.69 Å². The zero-order valence-electron chi connectivity index (χ0n) is 10.0. The van der Waals surface area contributed by atoms with E-state index in [2.05, 4.69) is 29.7 Å². The zero-order chi connectivity index (χ0) is 11.5. The Morgan fingerprint density at radius 3 is 2.88 bits per heavy atom. The maximum absolute atomic E-state index is 7.23. The summed E-state index contributed by atoms with van der Waals surface area (Å²) in [5, 5.41) is 0. The van der Waals surface area contributed by atoms with E-state index in [9.17, 15) is 0 Å². The van der Waals surface area contributed by atoms with Crippen molar-refractivity contribution in [3.8, 4) is 0 Å². The fourth-order valence-electron chi connectivity index (χ4n) is 2.34. The van der Waals surface area contributed by atoms with E-state index in [1.807, 2.05) is 12.1 Å². The van der Waals surface area contributed by atoms with Crippen molar-refractivity contribution in [1.82, 2.24) is 4.90 Å². The molecule has 0 spiro atoms. The van der Waals surface area contributed by atoms with Crippen molar-refractivity contribution < 1.29 is 0 Å². The average Bonchev–Trinajstić information content (AvgIpc) is 2.50. The first kappa shape index (κ1) is 11.2. The van der Waals surface area contributed by atoms with Gasteiger partial charge in [0.05, 0.1) is 6.57 Å². The van der Waals surface area contributed by atoms with Crippen LogP contribution in [0.25, 0.3) is 4.85 Å². The largest absolute Gasteiger partial charge is 0.298 e. The van der Waals surface area contributed by atoms with Crippen LogP contribution in [-0.2, 0) is 13.0 Å². The second kappa shape index (κ2) is 4.67. The molecule has 1 aromatic rings. The van der Waals surface area contributed by atoms with Crippen LogP contribution in [0.1, 0.15) is 31.4 Å². The smallest absolute Gasteiger partial charge is 0.191 e. The lowest BCUT2D eigenvalue weighted by Crippen LogP contribution is -2.30. The minimum absolute atomic E-state index is 0.560. The highest BCUT2D eigenvalue weighted by Gasteiger charge is 2.18. The summed E-state index contributed by atoms with van der Waals surface area (Å²) in [4.78, 5) is 6.10. The van der Waals surface area contributed by atoms with Gasteiger partial charge in [0.2, 0.25) is 0 Å². The molecule has 1 aromatic carbocycles. The van der Waals surface area contributed by atoms with Gasteiger partial charge in [-0.2, -0.15) is 0 Å². The first-order valence-electron chi connectivity index (χ1n) is 5.94. The number of hydrogen-bond donors (Lipinski definition) is 0. The van der Waals surface area contributed by atoms with Crippen molar-refractivity contribution in [3.05, 3.63) is 40.7 Å². The minimum atomic E-state index is 0.560. The molecular formula is C14H18N2. The zero-order valence-corrected chi connectivity index (χ0v) is 10.0. The van der Waals surface area contributed by atoms with Crippen LogP contribution in [0.15, 0.2) is 18.2 Å². The average molecular weight is 214 g/mol. The van der Waals surface area contributed by atoms with Crippen LogP contribution < -0.4 is 0 Å². The third-order valence-electron chi connectivity index (χ3n) is 3.35. The SMILES string of the molecule is [C-]#[N+]c1cccc2c1CN(C(C)C)CCC2. The number of aryl methyl sites for hydroxylation is 1. The highest BCUT2D eigenvalue weighted by atomic mass is 15.1. The lowest BCUT2D eigenvalue weighted by molar-refractivity contribution is 0.217. The van der Waals surface area contributed by atoms with Gasteiger partial charge in [0.25, 0.3) is 0 Å². The van der Waals surface area contributed by atoms with Gasteiger partial charge in [-0.3, -0.25) is 4.90 Å². The van der Waals surface area contributed by atoms with Gasteiger partial charge in [0, 0.05) is 12.6 Å². The van der Waals surface area contributed by atoms with Crippen LogP contribution in [-0.4, -0.2) is 17.5 Å². The molecule has 0 aromatic heterocycles. The Bertz CT molecular complexity index is 415. The maximum atomic E-state index is 7.23. The number of fused-ring (bicyclic) bond motifs is 1. The summed E-state index contributed by atoms with van der Waals surface area (Å²) < 4.78 is 0. The highest BCUT2D eigenvalue weighted by molar-refractivity contribution is 5.56. The molecule has 0 atom stereocenters. The quantitative estimate of drug-likeness (QED) is 0.650. The molecule has 84 valence electrons. The maximum Gasteiger partial charge on any atom is 0.191 e.